The smallest absolute Gasteiger partial charge is 0.135 e. The third-order valence-corrected chi connectivity index (χ3v) is 2.04. The molecule has 0 saturated carbocycles. The van der Waals surface area contributed by atoms with Crippen molar-refractivity contribution in [1.82, 2.24) is 0 Å². The van der Waals surface area contributed by atoms with Crippen LogP contribution in [0.3, 0.4) is 0 Å². The quantitative estimate of drug-likeness (QED) is 0.758. The average molecular weight is 205 g/mol. The molecule has 0 aromatic heterocycles. The zero-order valence-electron chi connectivity index (χ0n) is 7.67. The SMILES string of the molecule is Oc1c[c]cc(F)c1-c1cccc(F)c1. The second-order valence-electron chi connectivity index (χ2n) is 3.07. The summed E-state index contributed by atoms with van der Waals surface area (Å²) >= 11 is 0. The van der Waals surface area contributed by atoms with Gasteiger partial charge in [0.05, 0.1) is 5.56 Å². The molecule has 0 atom stereocenters. The molecule has 2 aromatic rings. The Morgan fingerprint density at radius 1 is 1.13 bits per heavy atom. The minimum absolute atomic E-state index is 0.00625. The Hall–Kier alpha value is -1.90. The van der Waals surface area contributed by atoms with Crippen LogP contribution < -0.4 is 0 Å². The normalized spacial score (nSPS) is 10.3. The predicted molar refractivity (Wildman–Crippen MR) is 52.3 cm³/mol. The van der Waals surface area contributed by atoms with Crippen LogP contribution in [0.5, 0.6) is 5.75 Å². The molecular weight excluding hydrogens is 198 g/mol. The van der Waals surface area contributed by atoms with Gasteiger partial charge in [0.25, 0.3) is 0 Å². The van der Waals surface area contributed by atoms with Crippen molar-refractivity contribution >= 4 is 0 Å². The molecule has 0 spiro atoms. The van der Waals surface area contributed by atoms with E-state index in [2.05, 4.69) is 6.07 Å². The Balaban J connectivity index is 2.63. The topological polar surface area (TPSA) is 20.2 Å². The third kappa shape index (κ3) is 1.81. The van der Waals surface area contributed by atoms with Crippen LogP contribution in [0.4, 0.5) is 8.78 Å². The van der Waals surface area contributed by atoms with Crippen LogP contribution in [0.15, 0.2) is 36.4 Å². The van der Waals surface area contributed by atoms with Crippen LogP contribution in [-0.2, 0) is 0 Å². The van der Waals surface area contributed by atoms with E-state index in [9.17, 15) is 13.9 Å². The zero-order valence-corrected chi connectivity index (χ0v) is 7.67. The minimum atomic E-state index is -0.624. The first-order chi connectivity index (χ1) is 7.18. The molecule has 0 amide bonds. The number of phenolic OH excluding ortho intramolecular Hbond substituents is 1. The number of phenols is 1. The first kappa shape index (κ1) is 9.65. The molecule has 0 saturated heterocycles. The van der Waals surface area contributed by atoms with Crippen molar-refractivity contribution in [2.45, 2.75) is 0 Å². The molecule has 0 aliphatic carbocycles. The number of halogens is 2. The van der Waals surface area contributed by atoms with Gasteiger partial charge in [0.1, 0.15) is 17.4 Å². The largest absolute Gasteiger partial charge is 0.507 e. The lowest BCUT2D eigenvalue weighted by Gasteiger charge is -2.05. The van der Waals surface area contributed by atoms with E-state index in [4.69, 9.17) is 0 Å². The van der Waals surface area contributed by atoms with Crippen molar-refractivity contribution in [1.29, 1.82) is 0 Å². The predicted octanol–water partition coefficient (Wildman–Crippen LogP) is 3.14. The van der Waals surface area contributed by atoms with E-state index < -0.39 is 11.6 Å². The summed E-state index contributed by atoms with van der Waals surface area (Å²) in [4.78, 5) is 0. The maximum absolute atomic E-state index is 13.4. The van der Waals surface area contributed by atoms with Gasteiger partial charge in [-0.2, -0.15) is 0 Å². The Morgan fingerprint density at radius 3 is 2.60 bits per heavy atom. The lowest BCUT2D eigenvalue weighted by atomic mass is 10.0. The van der Waals surface area contributed by atoms with Crippen LogP contribution in [0, 0.1) is 17.7 Å². The molecule has 0 unspecified atom stereocenters. The summed E-state index contributed by atoms with van der Waals surface area (Å²) in [5.74, 6) is -1.35. The first-order valence-corrected chi connectivity index (χ1v) is 4.33. The van der Waals surface area contributed by atoms with Crippen molar-refractivity contribution in [2.24, 2.45) is 0 Å². The summed E-state index contributed by atoms with van der Waals surface area (Å²) in [6, 6.07) is 10.2. The second kappa shape index (κ2) is 3.69. The van der Waals surface area contributed by atoms with Gasteiger partial charge in [-0.05, 0) is 35.9 Å². The molecule has 0 fully saturated rings. The fraction of sp³-hybridized carbons (Fsp3) is 0. The van der Waals surface area contributed by atoms with Gasteiger partial charge in [0.15, 0.2) is 0 Å². The van der Waals surface area contributed by atoms with E-state index in [0.717, 1.165) is 12.1 Å². The van der Waals surface area contributed by atoms with Crippen LogP contribution in [0.25, 0.3) is 11.1 Å². The second-order valence-corrected chi connectivity index (χ2v) is 3.07. The van der Waals surface area contributed by atoms with Crippen molar-refractivity contribution in [3.63, 3.8) is 0 Å². The van der Waals surface area contributed by atoms with Crippen molar-refractivity contribution < 1.29 is 13.9 Å². The van der Waals surface area contributed by atoms with E-state index in [1.165, 1.54) is 24.3 Å². The molecule has 0 heterocycles. The molecule has 0 aliphatic rings. The molecule has 3 heteroatoms. The molecule has 0 bridgehead atoms. The van der Waals surface area contributed by atoms with E-state index >= 15 is 0 Å². The number of hydrogen-bond acceptors (Lipinski definition) is 1. The van der Waals surface area contributed by atoms with Gasteiger partial charge in [-0.1, -0.05) is 12.1 Å². The summed E-state index contributed by atoms with van der Waals surface area (Å²) in [5.41, 5.74) is 0.298. The molecule has 2 rings (SSSR count). The standard InChI is InChI=1S/C12H7F2O/c13-9-4-1-3-8(7-9)12-10(14)5-2-6-11(12)15/h1,3-7,15H. The summed E-state index contributed by atoms with van der Waals surface area (Å²) in [5, 5.41) is 9.44. The number of hydrogen-bond donors (Lipinski definition) is 1. The highest BCUT2D eigenvalue weighted by molar-refractivity contribution is 5.70. The molecule has 75 valence electrons. The zero-order chi connectivity index (χ0) is 10.8. The Labute approximate surface area is 85.6 Å². The Bertz CT molecular complexity index is 474. The molecule has 1 nitrogen and oxygen atoms in total. The van der Waals surface area contributed by atoms with Crippen molar-refractivity contribution in [2.75, 3.05) is 0 Å². The maximum atomic E-state index is 13.4. The van der Waals surface area contributed by atoms with Crippen molar-refractivity contribution in [3.8, 4) is 16.9 Å². The molecular formula is C12H7F2O. The van der Waals surface area contributed by atoms with Crippen LogP contribution in [0.1, 0.15) is 0 Å². The molecule has 2 aromatic carbocycles. The first-order valence-electron chi connectivity index (χ1n) is 4.33. The van der Waals surface area contributed by atoms with Gasteiger partial charge in [-0.3, -0.25) is 0 Å². The van der Waals surface area contributed by atoms with Gasteiger partial charge in [-0.15, -0.1) is 0 Å². The van der Waals surface area contributed by atoms with Gasteiger partial charge in [-0.25, -0.2) is 8.78 Å². The fourth-order valence-electron chi connectivity index (χ4n) is 1.39. The summed E-state index contributed by atoms with van der Waals surface area (Å²) in [6.07, 6.45) is 0. The van der Waals surface area contributed by atoms with Crippen molar-refractivity contribution in [3.05, 3.63) is 54.1 Å². The van der Waals surface area contributed by atoms with E-state index in [1.807, 2.05) is 0 Å². The highest BCUT2D eigenvalue weighted by Gasteiger charge is 2.10. The van der Waals surface area contributed by atoms with E-state index in [-0.39, 0.29) is 11.3 Å². The third-order valence-electron chi connectivity index (χ3n) is 2.04. The maximum Gasteiger partial charge on any atom is 0.135 e. The van der Waals surface area contributed by atoms with Gasteiger partial charge < -0.3 is 5.11 Å². The van der Waals surface area contributed by atoms with E-state index in [0.29, 0.717) is 5.56 Å². The lowest BCUT2D eigenvalue weighted by molar-refractivity contribution is 0.472. The average Bonchev–Trinajstić information content (AvgIpc) is 2.17. The van der Waals surface area contributed by atoms with Gasteiger partial charge in [0.2, 0.25) is 0 Å². The summed E-state index contributed by atoms with van der Waals surface area (Å²) in [7, 11) is 0. The lowest BCUT2D eigenvalue weighted by Crippen LogP contribution is -1.86. The van der Waals surface area contributed by atoms with Gasteiger partial charge >= 0.3 is 0 Å². The minimum Gasteiger partial charge on any atom is -0.507 e. The molecule has 1 N–H and O–H groups in total. The monoisotopic (exact) mass is 205 g/mol. The molecule has 0 aliphatic heterocycles. The summed E-state index contributed by atoms with van der Waals surface area (Å²) < 4.78 is 26.3. The Kier molecular flexibility index (Phi) is 2.37. The van der Waals surface area contributed by atoms with Crippen LogP contribution >= 0.6 is 0 Å². The fourth-order valence-corrected chi connectivity index (χ4v) is 1.39. The Morgan fingerprint density at radius 2 is 1.93 bits per heavy atom. The number of aromatic hydroxyl groups is 1. The van der Waals surface area contributed by atoms with Crippen LogP contribution in [0.2, 0.25) is 0 Å². The molecule has 1 radical (unpaired) electrons. The van der Waals surface area contributed by atoms with Gasteiger partial charge in [0, 0.05) is 0 Å². The highest BCUT2D eigenvalue weighted by atomic mass is 19.1. The van der Waals surface area contributed by atoms with Crippen LogP contribution in [-0.4, -0.2) is 5.11 Å². The number of benzene rings is 2. The number of rotatable bonds is 1. The van der Waals surface area contributed by atoms with E-state index in [1.54, 1.807) is 0 Å². The highest BCUT2D eigenvalue weighted by Crippen LogP contribution is 2.31. The molecule has 15 heavy (non-hydrogen) atoms. The summed E-state index contributed by atoms with van der Waals surface area (Å²) in [6.45, 7) is 0.